The van der Waals surface area contributed by atoms with Crippen molar-refractivity contribution in [2.75, 3.05) is 11.9 Å². The van der Waals surface area contributed by atoms with E-state index in [9.17, 15) is 0 Å². The van der Waals surface area contributed by atoms with Gasteiger partial charge in [-0.3, -0.25) is 0 Å². The number of hydrogen-bond acceptors (Lipinski definition) is 6. The molecular weight excluding hydrogens is 595 g/mol. The molecule has 1 aliphatic heterocycles. The average molecular weight is 619 g/mol. The first-order chi connectivity index (χ1) is 15.4. The Hall–Kier alpha value is -3.18. The van der Waals surface area contributed by atoms with E-state index in [1.807, 2.05) is 66.2 Å². The molecule has 1 aliphatic rings. The predicted molar refractivity (Wildman–Crippen MR) is 123 cm³/mol. The summed E-state index contributed by atoms with van der Waals surface area (Å²) in [6.07, 6.45) is 9.09. The first-order valence-corrected chi connectivity index (χ1v) is 10.3. The fraction of sp³-hybridized carbons (Fsp3) is 0.200. The van der Waals surface area contributed by atoms with Crippen LogP contribution in [0.25, 0.3) is 16.9 Å². The van der Waals surface area contributed by atoms with Gasteiger partial charge in [-0.15, -0.1) is 30.0 Å². The second kappa shape index (κ2) is 8.99. The van der Waals surface area contributed by atoms with Gasteiger partial charge in [-0.2, -0.15) is 17.8 Å². The number of hydrogen-bond donors (Lipinski definition) is 0. The zero-order valence-electron chi connectivity index (χ0n) is 18.8. The predicted octanol–water partition coefficient (Wildman–Crippen LogP) is 4.85. The van der Waals surface area contributed by atoms with E-state index >= 15 is 0 Å². The third-order valence-corrected chi connectivity index (χ3v) is 5.16. The molecule has 0 aliphatic carbocycles. The van der Waals surface area contributed by atoms with Crippen LogP contribution in [0.1, 0.15) is 26.3 Å². The van der Waals surface area contributed by atoms with E-state index in [2.05, 4.69) is 48.0 Å². The number of anilines is 1. The van der Waals surface area contributed by atoms with Gasteiger partial charge in [0.15, 0.2) is 5.82 Å². The number of nitrogens with zero attached hydrogens (tertiary/aromatic N) is 6. The molecule has 0 atom stereocenters. The molecule has 7 nitrogen and oxygen atoms in total. The third-order valence-electron chi connectivity index (χ3n) is 5.16. The minimum Gasteiger partial charge on any atom is -0.510 e. The molecule has 5 rings (SSSR count). The second-order valence-electron chi connectivity index (χ2n) is 8.68. The van der Waals surface area contributed by atoms with E-state index in [4.69, 9.17) is 4.74 Å². The summed E-state index contributed by atoms with van der Waals surface area (Å²) < 4.78 is 7.78. The summed E-state index contributed by atoms with van der Waals surface area (Å²) >= 11 is 0. The largest absolute Gasteiger partial charge is 0.510 e. The Balaban J connectivity index is 0.00000259. The number of aromatic nitrogens is 4. The first kappa shape index (κ1) is 23.0. The summed E-state index contributed by atoms with van der Waals surface area (Å²) in [7, 11) is 1.97. The quantitative estimate of drug-likeness (QED) is 0.305. The fourth-order valence-corrected chi connectivity index (χ4v) is 3.41. The Bertz CT molecular complexity index is 1310. The van der Waals surface area contributed by atoms with Crippen LogP contribution < -0.4 is 9.64 Å². The standard InChI is InChI=1S/C25H23N6O.Pt/c1-25(2,3)18-8-9-26-24(12-18)31-23-14-21(15-27-22(23)16-28-31)32-20-7-5-6-19(13-20)30-11-10-29(4)17-30;/h5-12,15-17H,1-4H3;/q-3;. The van der Waals surface area contributed by atoms with Crippen molar-refractivity contribution in [2.24, 2.45) is 0 Å². The molecule has 1 aromatic carbocycles. The zero-order valence-corrected chi connectivity index (χ0v) is 21.0. The van der Waals surface area contributed by atoms with Crippen molar-refractivity contribution in [3.05, 3.63) is 85.7 Å². The molecule has 0 fully saturated rings. The topological polar surface area (TPSA) is 59.3 Å². The van der Waals surface area contributed by atoms with E-state index in [-0.39, 0.29) is 26.5 Å². The summed E-state index contributed by atoms with van der Waals surface area (Å²) in [6, 6.07) is 16.4. The second-order valence-corrected chi connectivity index (χ2v) is 8.68. The molecule has 33 heavy (non-hydrogen) atoms. The average Bonchev–Trinajstić information content (AvgIpc) is 3.39. The van der Waals surface area contributed by atoms with Gasteiger partial charge in [0.2, 0.25) is 0 Å². The van der Waals surface area contributed by atoms with E-state index in [1.54, 1.807) is 23.3 Å². The molecule has 0 unspecified atom stereocenters. The first-order valence-electron chi connectivity index (χ1n) is 10.3. The van der Waals surface area contributed by atoms with Crippen LogP contribution in [0.4, 0.5) is 5.69 Å². The Kier molecular flexibility index (Phi) is 6.26. The summed E-state index contributed by atoms with van der Waals surface area (Å²) in [4.78, 5) is 12.9. The van der Waals surface area contributed by atoms with Crippen molar-refractivity contribution < 1.29 is 25.8 Å². The van der Waals surface area contributed by atoms with Crippen LogP contribution in [0.15, 0.2) is 61.3 Å². The molecule has 0 spiro atoms. The molecule has 0 bridgehead atoms. The van der Waals surface area contributed by atoms with E-state index in [0.717, 1.165) is 17.0 Å². The molecular formula is C25H23N6OPt-3. The molecule has 3 aromatic heterocycles. The summed E-state index contributed by atoms with van der Waals surface area (Å²) in [5.41, 5.74) is 3.49. The van der Waals surface area contributed by atoms with Crippen LogP contribution in [-0.4, -0.2) is 31.7 Å². The van der Waals surface area contributed by atoms with Crippen molar-refractivity contribution in [1.82, 2.24) is 24.6 Å². The summed E-state index contributed by atoms with van der Waals surface area (Å²) in [5.74, 6) is 1.78. The molecule has 0 N–H and O–H groups in total. The van der Waals surface area contributed by atoms with Gasteiger partial charge in [-0.05, 0) is 59.8 Å². The van der Waals surface area contributed by atoms with Gasteiger partial charge in [0.1, 0.15) is 0 Å². The zero-order chi connectivity index (χ0) is 22.3. The Morgan fingerprint density at radius 1 is 1.00 bits per heavy atom. The molecule has 0 saturated heterocycles. The molecule has 8 heteroatoms. The normalized spacial score (nSPS) is 13.5. The number of pyridine rings is 2. The maximum atomic E-state index is 6.04. The number of benzene rings is 1. The van der Waals surface area contributed by atoms with Gasteiger partial charge in [0.05, 0.1) is 0 Å². The molecule has 0 saturated carbocycles. The number of ether oxygens (including phenoxy) is 1. The van der Waals surface area contributed by atoms with E-state index in [0.29, 0.717) is 17.0 Å². The molecule has 172 valence electrons. The van der Waals surface area contributed by atoms with Crippen molar-refractivity contribution in [3.8, 4) is 17.3 Å². The summed E-state index contributed by atoms with van der Waals surface area (Å²) in [6.45, 7) is 8.48. The molecule has 4 heterocycles. The van der Waals surface area contributed by atoms with Gasteiger partial charge >= 0.3 is 0 Å². The van der Waals surface area contributed by atoms with Gasteiger partial charge in [-0.25, -0.2) is 9.67 Å². The number of fused-ring (bicyclic) bond motifs is 1. The summed E-state index contributed by atoms with van der Waals surface area (Å²) in [5, 5.41) is 4.48. The van der Waals surface area contributed by atoms with Gasteiger partial charge in [0.25, 0.3) is 0 Å². The van der Waals surface area contributed by atoms with Gasteiger partial charge in [0, 0.05) is 45.0 Å². The Labute approximate surface area is 208 Å². The van der Waals surface area contributed by atoms with Crippen LogP contribution in [0, 0.1) is 18.8 Å². The molecule has 0 radical (unpaired) electrons. The van der Waals surface area contributed by atoms with Crippen LogP contribution in [-0.2, 0) is 26.5 Å². The van der Waals surface area contributed by atoms with Crippen LogP contribution in [0.3, 0.4) is 0 Å². The van der Waals surface area contributed by atoms with Crippen LogP contribution in [0.5, 0.6) is 11.5 Å². The maximum Gasteiger partial charge on any atom is 0.151 e. The van der Waals surface area contributed by atoms with Gasteiger partial charge in [-0.1, -0.05) is 20.8 Å². The number of rotatable bonds is 4. The SMILES string of the molecule is CN1C=CN(c2[c-]c(Oc3[c-]c4c(cnn4-c4cc(C(C)(C)C)ccn4)nc3)ccc2)[CH-]1.[Pt]. The maximum absolute atomic E-state index is 6.04. The van der Waals surface area contributed by atoms with Crippen molar-refractivity contribution in [3.63, 3.8) is 0 Å². The van der Waals surface area contributed by atoms with Gasteiger partial charge < -0.3 is 19.5 Å². The van der Waals surface area contributed by atoms with Crippen LogP contribution in [0.2, 0.25) is 0 Å². The molecule has 4 aromatic rings. The minimum absolute atomic E-state index is 0. The Morgan fingerprint density at radius 2 is 1.85 bits per heavy atom. The third kappa shape index (κ3) is 4.78. The fourth-order valence-electron chi connectivity index (χ4n) is 3.41. The van der Waals surface area contributed by atoms with E-state index < -0.39 is 0 Å². The van der Waals surface area contributed by atoms with Crippen molar-refractivity contribution in [2.45, 2.75) is 26.2 Å². The molecule has 0 amide bonds. The van der Waals surface area contributed by atoms with Crippen LogP contribution >= 0.6 is 0 Å². The smallest absolute Gasteiger partial charge is 0.151 e. The van der Waals surface area contributed by atoms with E-state index in [1.165, 1.54) is 5.56 Å². The minimum atomic E-state index is 0. The van der Waals surface area contributed by atoms with Crippen molar-refractivity contribution in [1.29, 1.82) is 0 Å². The monoisotopic (exact) mass is 618 g/mol. The Morgan fingerprint density at radius 3 is 2.61 bits per heavy atom. The van der Waals surface area contributed by atoms with Crippen molar-refractivity contribution >= 4 is 16.7 Å².